The van der Waals surface area contributed by atoms with Gasteiger partial charge in [0.1, 0.15) is 0 Å². The van der Waals surface area contributed by atoms with Crippen molar-refractivity contribution in [2.75, 3.05) is 6.26 Å². The molecule has 0 saturated carbocycles. The van der Waals surface area contributed by atoms with E-state index in [-0.39, 0.29) is 0 Å². The average Bonchev–Trinajstić information content (AvgIpc) is 2.39. The Morgan fingerprint density at radius 1 is 1.05 bits per heavy atom. The summed E-state index contributed by atoms with van der Waals surface area (Å²) in [5.41, 5.74) is 1.41. The molecule has 2 nitrogen and oxygen atoms in total. The highest BCUT2D eigenvalue weighted by Gasteiger charge is 2.11. The summed E-state index contributed by atoms with van der Waals surface area (Å²) in [6.07, 6.45) is 2.03. The number of carboxylic acid groups (broad SMARTS) is 1. The number of carbonyl (C=O) groups is 1. The molecule has 0 amide bonds. The van der Waals surface area contributed by atoms with Crippen molar-refractivity contribution in [1.29, 1.82) is 0 Å². The number of aryl methyl sites for hydroxylation is 1. The van der Waals surface area contributed by atoms with Crippen LogP contribution in [0.5, 0.6) is 0 Å². The fraction of sp³-hybridized carbons (Fsp3) is 0.133. The van der Waals surface area contributed by atoms with Crippen LogP contribution in [0.2, 0.25) is 0 Å². The van der Waals surface area contributed by atoms with Crippen LogP contribution in [-0.4, -0.2) is 17.3 Å². The van der Waals surface area contributed by atoms with Crippen molar-refractivity contribution in [3.05, 3.63) is 53.6 Å². The Bertz CT molecular complexity index is 592. The van der Waals surface area contributed by atoms with Crippen molar-refractivity contribution in [3.8, 4) is 0 Å². The van der Waals surface area contributed by atoms with Gasteiger partial charge in [0.2, 0.25) is 0 Å². The lowest BCUT2D eigenvalue weighted by Gasteiger charge is -2.07. The Hall–Kier alpha value is -1.39. The van der Waals surface area contributed by atoms with E-state index >= 15 is 0 Å². The fourth-order valence-electron chi connectivity index (χ4n) is 1.66. The second-order valence-corrected chi connectivity index (χ2v) is 6.08. The first-order valence-corrected chi connectivity index (χ1v) is 7.80. The maximum Gasteiger partial charge on any atom is 0.336 e. The largest absolute Gasteiger partial charge is 0.478 e. The fourth-order valence-corrected chi connectivity index (χ4v) is 3.11. The molecule has 1 N–H and O–H groups in total. The molecule has 0 heterocycles. The average molecular weight is 290 g/mol. The maximum absolute atomic E-state index is 11.2. The maximum atomic E-state index is 11.2. The summed E-state index contributed by atoms with van der Waals surface area (Å²) in [6.45, 7) is 1.96. The lowest BCUT2D eigenvalue weighted by atomic mass is 10.1. The number of aromatic carboxylic acids is 1. The molecule has 0 saturated heterocycles. The van der Waals surface area contributed by atoms with Crippen molar-refractivity contribution >= 4 is 29.5 Å². The van der Waals surface area contributed by atoms with Crippen molar-refractivity contribution < 1.29 is 9.90 Å². The van der Waals surface area contributed by atoms with Crippen LogP contribution in [0.25, 0.3) is 0 Å². The Labute approximate surface area is 121 Å². The van der Waals surface area contributed by atoms with E-state index < -0.39 is 5.97 Å². The number of hydrogen-bond acceptors (Lipinski definition) is 3. The van der Waals surface area contributed by atoms with E-state index in [2.05, 4.69) is 0 Å². The van der Waals surface area contributed by atoms with Crippen molar-refractivity contribution in [2.24, 2.45) is 0 Å². The summed E-state index contributed by atoms with van der Waals surface area (Å²) in [5, 5.41) is 9.20. The summed E-state index contributed by atoms with van der Waals surface area (Å²) >= 11 is 3.18. The zero-order valence-electron chi connectivity index (χ0n) is 10.7. The molecule has 0 bridgehead atoms. The predicted octanol–water partition coefficient (Wildman–Crippen LogP) is 4.57. The molecular formula is C15H14O2S2. The van der Waals surface area contributed by atoms with Crippen LogP contribution in [0.4, 0.5) is 0 Å². The molecule has 0 aromatic heterocycles. The summed E-state index contributed by atoms with van der Waals surface area (Å²) in [5.74, 6) is -0.886. The van der Waals surface area contributed by atoms with Gasteiger partial charge in [-0.15, -0.1) is 11.8 Å². The van der Waals surface area contributed by atoms with Gasteiger partial charge in [-0.25, -0.2) is 4.79 Å². The van der Waals surface area contributed by atoms with Crippen molar-refractivity contribution in [2.45, 2.75) is 21.6 Å². The summed E-state index contributed by atoms with van der Waals surface area (Å²) in [4.78, 5) is 14.2. The second kappa shape index (κ2) is 6.17. The first-order chi connectivity index (χ1) is 9.10. The molecule has 0 spiro atoms. The molecule has 2 rings (SSSR count). The first kappa shape index (κ1) is 14.0. The Morgan fingerprint density at radius 2 is 1.68 bits per heavy atom. The Morgan fingerprint density at radius 3 is 2.26 bits per heavy atom. The molecule has 0 fully saturated rings. The molecule has 0 aliphatic carbocycles. The first-order valence-electron chi connectivity index (χ1n) is 5.76. The predicted molar refractivity (Wildman–Crippen MR) is 80.5 cm³/mol. The molecule has 2 aromatic rings. The van der Waals surface area contributed by atoms with Gasteiger partial charge in [0.05, 0.1) is 5.56 Å². The normalized spacial score (nSPS) is 10.4. The quantitative estimate of drug-likeness (QED) is 0.837. The topological polar surface area (TPSA) is 37.3 Å². The van der Waals surface area contributed by atoms with Crippen LogP contribution >= 0.6 is 23.5 Å². The highest BCUT2D eigenvalue weighted by molar-refractivity contribution is 7.99. The van der Waals surface area contributed by atoms with Gasteiger partial charge in [-0.3, -0.25) is 0 Å². The van der Waals surface area contributed by atoms with E-state index in [1.54, 1.807) is 17.8 Å². The lowest BCUT2D eigenvalue weighted by molar-refractivity contribution is 0.0693. The minimum absolute atomic E-state index is 0.351. The molecule has 0 aliphatic rings. The van der Waals surface area contributed by atoms with Gasteiger partial charge in [0, 0.05) is 14.7 Å². The summed E-state index contributed by atoms with van der Waals surface area (Å²) in [7, 11) is 0. The van der Waals surface area contributed by atoms with E-state index in [4.69, 9.17) is 0 Å². The number of hydrogen-bond donors (Lipinski definition) is 1. The third kappa shape index (κ3) is 3.55. The van der Waals surface area contributed by atoms with Gasteiger partial charge in [0.15, 0.2) is 0 Å². The van der Waals surface area contributed by atoms with Gasteiger partial charge in [-0.05, 0) is 55.1 Å². The van der Waals surface area contributed by atoms with Crippen LogP contribution in [0.3, 0.4) is 0 Å². The van der Waals surface area contributed by atoms with Gasteiger partial charge >= 0.3 is 5.97 Å². The summed E-state index contributed by atoms with van der Waals surface area (Å²) < 4.78 is 0. The summed E-state index contributed by atoms with van der Waals surface area (Å²) in [6, 6.07) is 13.5. The van der Waals surface area contributed by atoms with Gasteiger partial charge in [-0.1, -0.05) is 17.8 Å². The van der Waals surface area contributed by atoms with Gasteiger partial charge in [0.25, 0.3) is 0 Å². The zero-order chi connectivity index (χ0) is 13.8. The Kier molecular flexibility index (Phi) is 4.56. The number of benzene rings is 2. The highest BCUT2D eigenvalue weighted by Crippen LogP contribution is 2.32. The van der Waals surface area contributed by atoms with E-state index in [0.717, 1.165) is 15.4 Å². The molecule has 4 heteroatoms. The molecule has 0 atom stereocenters. The van der Waals surface area contributed by atoms with Crippen LogP contribution in [-0.2, 0) is 0 Å². The van der Waals surface area contributed by atoms with Crippen molar-refractivity contribution in [1.82, 2.24) is 0 Å². The van der Waals surface area contributed by atoms with Crippen molar-refractivity contribution in [3.63, 3.8) is 0 Å². The third-order valence-electron chi connectivity index (χ3n) is 2.65. The molecule has 98 valence electrons. The zero-order valence-corrected chi connectivity index (χ0v) is 12.3. The van der Waals surface area contributed by atoms with Crippen LogP contribution in [0.1, 0.15) is 15.9 Å². The number of thioether (sulfide) groups is 1. The SMILES string of the molecule is CSc1ccc(Sc2cc(C)ccc2C(=O)O)cc1. The van der Waals surface area contributed by atoms with Crippen LogP contribution in [0.15, 0.2) is 57.2 Å². The van der Waals surface area contributed by atoms with E-state index in [1.165, 1.54) is 16.7 Å². The van der Waals surface area contributed by atoms with Gasteiger partial charge in [-0.2, -0.15) is 0 Å². The highest BCUT2D eigenvalue weighted by atomic mass is 32.2. The minimum Gasteiger partial charge on any atom is -0.478 e. The molecule has 0 unspecified atom stereocenters. The van der Waals surface area contributed by atoms with Crippen LogP contribution < -0.4 is 0 Å². The number of rotatable bonds is 4. The molecule has 0 aliphatic heterocycles. The van der Waals surface area contributed by atoms with E-state index in [0.29, 0.717) is 5.56 Å². The molecule has 0 radical (unpaired) electrons. The molecule has 19 heavy (non-hydrogen) atoms. The number of carboxylic acids is 1. The Balaban J connectivity index is 2.31. The standard InChI is InChI=1S/C15H14O2S2/c1-10-3-8-13(15(16)17)14(9-10)19-12-6-4-11(18-2)5-7-12/h3-9H,1-2H3,(H,16,17). The molecular weight excluding hydrogens is 276 g/mol. The third-order valence-corrected chi connectivity index (χ3v) is 4.46. The second-order valence-electron chi connectivity index (χ2n) is 4.08. The van der Waals surface area contributed by atoms with Gasteiger partial charge < -0.3 is 5.11 Å². The molecule has 2 aromatic carbocycles. The monoisotopic (exact) mass is 290 g/mol. The van der Waals surface area contributed by atoms with E-state index in [1.807, 2.05) is 49.6 Å². The van der Waals surface area contributed by atoms with Crippen LogP contribution in [0, 0.1) is 6.92 Å². The lowest BCUT2D eigenvalue weighted by Crippen LogP contribution is -1.98. The smallest absolute Gasteiger partial charge is 0.336 e. The minimum atomic E-state index is -0.886. The van der Waals surface area contributed by atoms with E-state index in [9.17, 15) is 9.90 Å².